The van der Waals surface area contributed by atoms with Gasteiger partial charge in [0.1, 0.15) is 11.3 Å². The van der Waals surface area contributed by atoms with Gasteiger partial charge in [0.2, 0.25) is 0 Å². The van der Waals surface area contributed by atoms with Gasteiger partial charge in [0.25, 0.3) is 5.91 Å². The van der Waals surface area contributed by atoms with Crippen molar-refractivity contribution in [2.24, 2.45) is 0 Å². The van der Waals surface area contributed by atoms with Crippen LogP contribution in [0.15, 0.2) is 42.9 Å². The van der Waals surface area contributed by atoms with Gasteiger partial charge < -0.3 is 19.5 Å². The highest BCUT2D eigenvalue weighted by Gasteiger charge is 2.40. The van der Waals surface area contributed by atoms with E-state index in [1.807, 2.05) is 11.8 Å². The zero-order valence-corrected chi connectivity index (χ0v) is 23.5. The number of halogens is 3. The summed E-state index contributed by atoms with van der Waals surface area (Å²) >= 11 is 0. The van der Waals surface area contributed by atoms with Gasteiger partial charge in [0, 0.05) is 54.8 Å². The topological polar surface area (TPSA) is 118 Å². The predicted octanol–water partition coefficient (Wildman–Crippen LogP) is 3.41. The van der Waals surface area contributed by atoms with Gasteiger partial charge in [-0.1, -0.05) is 0 Å². The Bertz CT molecular complexity index is 1580. The van der Waals surface area contributed by atoms with Crippen LogP contribution in [-0.4, -0.2) is 91.9 Å². The first-order valence-corrected chi connectivity index (χ1v) is 13.2. The van der Waals surface area contributed by atoms with E-state index in [0.717, 1.165) is 6.20 Å². The molecule has 1 fully saturated rings. The van der Waals surface area contributed by atoms with E-state index in [1.54, 1.807) is 41.6 Å². The van der Waals surface area contributed by atoms with E-state index in [1.165, 1.54) is 21.1 Å². The minimum Gasteiger partial charge on any atom is -0.497 e. The summed E-state index contributed by atoms with van der Waals surface area (Å²) in [7, 11) is 2.95. The van der Waals surface area contributed by atoms with Gasteiger partial charge in [-0.25, -0.2) is 19.5 Å². The molecule has 14 heteroatoms. The Morgan fingerprint density at radius 2 is 1.79 bits per heavy atom. The summed E-state index contributed by atoms with van der Waals surface area (Å²) in [5.41, 5.74) is -0.0830. The Morgan fingerprint density at radius 1 is 1.10 bits per heavy atom. The molecule has 1 saturated heterocycles. The van der Waals surface area contributed by atoms with Crippen LogP contribution in [0.2, 0.25) is 0 Å². The second kappa shape index (κ2) is 11.5. The van der Waals surface area contributed by atoms with Crippen LogP contribution in [0.4, 0.5) is 13.2 Å². The molecule has 0 bridgehead atoms. The lowest BCUT2D eigenvalue weighted by Crippen LogP contribution is -2.55. The minimum atomic E-state index is -4.75. The molecule has 0 saturated carbocycles. The number of hydrogen-bond acceptors (Lipinski definition) is 9. The SMILES string of the molecule is COc1ccc(-c2nc3c(C(=O)N4CCN(C(CO)c5cnc(OC)nc5)C[C@H]4C)cnn3c(C(F)(F)F)c2C)cc1. The molecule has 5 rings (SSSR count). The number of aliphatic hydroxyl groups is 1. The number of amides is 1. The van der Waals surface area contributed by atoms with Crippen LogP contribution in [0.1, 0.15) is 40.1 Å². The van der Waals surface area contributed by atoms with Crippen LogP contribution in [-0.2, 0) is 6.18 Å². The van der Waals surface area contributed by atoms with Gasteiger partial charge >= 0.3 is 12.2 Å². The molecule has 1 aliphatic rings. The van der Waals surface area contributed by atoms with E-state index < -0.39 is 23.8 Å². The van der Waals surface area contributed by atoms with Crippen molar-refractivity contribution in [2.45, 2.75) is 32.1 Å². The van der Waals surface area contributed by atoms with Crippen LogP contribution in [0.5, 0.6) is 11.8 Å². The lowest BCUT2D eigenvalue weighted by atomic mass is 10.0. The number of fused-ring (bicyclic) bond motifs is 1. The van der Waals surface area contributed by atoms with Crippen LogP contribution in [0.3, 0.4) is 0 Å². The van der Waals surface area contributed by atoms with E-state index in [2.05, 4.69) is 20.1 Å². The molecule has 1 N–H and O–H groups in total. The highest BCUT2D eigenvalue weighted by molar-refractivity contribution is 6.00. The number of aromatic nitrogens is 5. The van der Waals surface area contributed by atoms with Gasteiger partial charge in [-0.15, -0.1) is 0 Å². The van der Waals surface area contributed by atoms with Crippen molar-refractivity contribution >= 4 is 11.6 Å². The fourth-order valence-electron chi connectivity index (χ4n) is 5.35. The average Bonchev–Trinajstić information content (AvgIpc) is 3.40. The number of hydrogen-bond donors (Lipinski definition) is 1. The number of carbonyl (C=O) groups is 1. The summed E-state index contributed by atoms with van der Waals surface area (Å²) in [5, 5.41) is 14.1. The fraction of sp³-hybridized carbons (Fsp3) is 0.393. The molecule has 4 aromatic rings. The van der Waals surface area contributed by atoms with E-state index in [0.29, 0.717) is 34.5 Å². The molecular formula is C28H30F3N7O4. The van der Waals surface area contributed by atoms with Gasteiger partial charge in [0.15, 0.2) is 11.3 Å². The maximum absolute atomic E-state index is 14.3. The first-order chi connectivity index (χ1) is 20.1. The van der Waals surface area contributed by atoms with Crippen molar-refractivity contribution in [3.8, 4) is 23.0 Å². The van der Waals surface area contributed by atoms with E-state index in [4.69, 9.17) is 9.47 Å². The summed E-state index contributed by atoms with van der Waals surface area (Å²) < 4.78 is 53.8. The molecule has 222 valence electrons. The third-order valence-electron chi connectivity index (χ3n) is 7.50. The predicted molar refractivity (Wildman–Crippen MR) is 145 cm³/mol. The number of carbonyl (C=O) groups excluding carboxylic acids is 1. The van der Waals surface area contributed by atoms with Gasteiger partial charge in [-0.3, -0.25) is 9.69 Å². The Hall–Kier alpha value is -4.30. The normalized spacial score (nSPS) is 17.0. The van der Waals surface area contributed by atoms with E-state index in [-0.39, 0.29) is 47.7 Å². The lowest BCUT2D eigenvalue weighted by molar-refractivity contribution is -0.143. The number of benzene rings is 1. The standard InChI is InChI=1S/C28H30F3N7O4/c1-16-14-36(22(15-39)19-11-32-27(42-4)33-12-19)9-10-37(16)26(40)21-13-34-38-24(28(29,30)31)17(2)23(35-25(21)38)18-5-7-20(41-3)8-6-18/h5-8,11-13,16,22,39H,9-10,14-15H2,1-4H3/t16-,22?/m1/s1. The van der Waals surface area contributed by atoms with Crippen LogP contribution in [0, 0.1) is 6.92 Å². The number of ether oxygens (including phenoxy) is 2. The van der Waals surface area contributed by atoms with E-state index >= 15 is 0 Å². The zero-order valence-electron chi connectivity index (χ0n) is 23.5. The Morgan fingerprint density at radius 3 is 2.36 bits per heavy atom. The highest BCUT2D eigenvalue weighted by Crippen LogP contribution is 2.37. The summed E-state index contributed by atoms with van der Waals surface area (Å²) in [6.45, 7) is 4.07. The lowest BCUT2D eigenvalue weighted by Gasteiger charge is -2.42. The number of nitrogens with zero attached hydrogens (tertiary/aromatic N) is 7. The van der Waals surface area contributed by atoms with Crippen LogP contribution in [0.25, 0.3) is 16.9 Å². The van der Waals surface area contributed by atoms with Gasteiger partial charge in [-0.2, -0.15) is 18.3 Å². The molecule has 1 aromatic carbocycles. The number of alkyl halides is 3. The molecule has 42 heavy (non-hydrogen) atoms. The number of aliphatic hydroxyl groups excluding tert-OH is 1. The highest BCUT2D eigenvalue weighted by atomic mass is 19.4. The molecule has 3 aromatic heterocycles. The molecule has 1 aliphatic heterocycles. The molecule has 0 radical (unpaired) electrons. The molecule has 1 unspecified atom stereocenters. The van der Waals surface area contributed by atoms with Crippen molar-refractivity contribution in [1.29, 1.82) is 0 Å². The molecule has 0 aliphatic carbocycles. The second-order valence-corrected chi connectivity index (χ2v) is 10.00. The summed E-state index contributed by atoms with van der Waals surface area (Å²) in [5.74, 6) is 0.0699. The van der Waals surface area contributed by atoms with Gasteiger partial charge in [-0.05, 0) is 38.1 Å². The monoisotopic (exact) mass is 585 g/mol. The Kier molecular flexibility index (Phi) is 8.01. The van der Waals surface area contributed by atoms with Crippen molar-refractivity contribution in [3.63, 3.8) is 0 Å². The third-order valence-corrected chi connectivity index (χ3v) is 7.50. The Labute approximate surface area is 239 Å². The molecule has 1 amide bonds. The smallest absolute Gasteiger partial charge is 0.433 e. The molecular weight excluding hydrogens is 555 g/mol. The van der Waals surface area contributed by atoms with E-state index in [9.17, 15) is 23.1 Å². The number of methoxy groups -OCH3 is 2. The maximum Gasteiger partial charge on any atom is 0.433 e. The summed E-state index contributed by atoms with van der Waals surface area (Å²) in [4.78, 5) is 30.1. The van der Waals surface area contributed by atoms with Crippen molar-refractivity contribution < 1.29 is 32.5 Å². The van der Waals surface area contributed by atoms with Gasteiger partial charge in [0.05, 0.1) is 38.8 Å². The molecule has 0 spiro atoms. The van der Waals surface area contributed by atoms with Crippen molar-refractivity contribution in [2.75, 3.05) is 40.5 Å². The van der Waals surface area contributed by atoms with Crippen LogP contribution >= 0.6 is 0 Å². The van der Waals surface area contributed by atoms with Crippen molar-refractivity contribution in [1.82, 2.24) is 34.4 Å². The summed E-state index contributed by atoms with van der Waals surface area (Å²) in [6.07, 6.45) is -0.440. The number of piperazine rings is 1. The summed E-state index contributed by atoms with van der Waals surface area (Å²) in [6, 6.07) is 5.98. The quantitative estimate of drug-likeness (QED) is 0.348. The molecule has 11 nitrogen and oxygen atoms in total. The largest absolute Gasteiger partial charge is 0.497 e. The number of rotatable bonds is 7. The third kappa shape index (κ3) is 5.34. The first-order valence-electron chi connectivity index (χ1n) is 13.2. The molecule has 2 atom stereocenters. The second-order valence-electron chi connectivity index (χ2n) is 10.00. The molecule has 4 heterocycles. The Balaban J connectivity index is 1.46. The fourth-order valence-corrected chi connectivity index (χ4v) is 5.35. The zero-order chi connectivity index (χ0) is 30.2. The first kappa shape index (κ1) is 29.2. The minimum absolute atomic E-state index is 0.0298. The van der Waals surface area contributed by atoms with Crippen LogP contribution < -0.4 is 9.47 Å². The van der Waals surface area contributed by atoms with Crippen molar-refractivity contribution in [3.05, 3.63) is 65.2 Å². The average molecular weight is 586 g/mol. The maximum atomic E-state index is 14.3.